The van der Waals surface area contributed by atoms with E-state index in [-0.39, 0.29) is 11.0 Å². The molecule has 0 saturated heterocycles. The Kier molecular flexibility index (Phi) is 4.42. The molecule has 0 atom stereocenters. The van der Waals surface area contributed by atoms with Gasteiger partial charge in [0.2, 0.25) is 0 Å². The fourth-order valence-electron chi connectivity index (χ4n) is 1.74. The number of aromatic nitrogens is 2. The molecule has 3 nitrogen and oxygen atoms in total. The summed E-state index contributed by atoms with van der Waals surface area (Å²) in [6.07, 6.45) is 0. The van der Waals surface area contributed by atoms with Crippen LogP contribution in [0.5, 0.6) is 0 Å². The molecule has 0 aliphatic carbocycles. The Balaban J connectivity index is 2.67. The van der Waals surface area contributed by atoms with Crippen molar-refractivity contribution in [2.75, 3.05) is 0 Å². The molecule has 0 spiro atoms. The molecule has 0 aliphatic rings. The van der Waals surface area contributed by atoms with E-state index in [9.17, 15) is 4.79 Å². The molecule has 0 fully saturated rings. The normalized spacial score (nSPS) is 11.7. The van der Waals surface area contributed by atoms with Crippen molar-refractivity contribution < 1.29 is 0 Å². The van der Waals surface area contributed by atoms with Gasteiger partial charge in [0, 0.05) is 15.5 Å². The molecule has 2 rings (SSSR count). The maximum Gasteiger partial charge on any atom is 0.265 e. The fourth-order valence-corrected chi connectivity index (χ4v) is 2.95. The van der Waals surface area contributed by atoms with Crippen LogP contribution in [-0.2, 0) is 5.41 Å². The third-order valence-corrected chi connectivity index (χ3v) is 4.73. The minimum absolute atomic E-state index is 0.195. The number of H-pyrrole nitrogens is 1. The lowest BCUT2D eigenvalue weighted by Crippen LogP contribution is -2.22. The SMILES string of the molecule is CC(C)(C)c1nc(-c2ccc(Br)c(Cl)c2)[nH]c(=O)c1Br. The summed E-state index contributed by atoms with van der Waals surface area (Å²) in [5.74, 6) is 0.512. The van der Waals surface area contributed by atoms with Crippen LogP contribution >= 0.6 is 43.5 Å². The molecule has 0 bridgehead atoms. The third-order valence-electron chi connectivity index (χ3n) is 2.77. The molecule has 0 radical (unpaired) electrons. The summed E-state index contributed by atoms with van der Waals surface area (Å²) in [6.45, 7) is 6.04. The Bertz CT molecular complexity index is 720. The average molecular weight is 421 g/mol. The van der Waals surface area contributed by atoms with Crippen LogP contribution in [0.15, 0.2) is 31.9 Å². The first-order valence-electron chi connectivity index (χ1n) is 5.96. The number of halogens is 3. The lowest BCUT2D eigenvalue weighted by Gasteiger charge is -2.19. The van der Waals surface area contributed by atoms with Crippen molar-refractivity contribution in [1.29, 1.82) is 0 Å². The largest absolute Gasteiger partial charge is 0.306 e. The summed E-state index contributed by atoms with van der Waals surface area (Å²) < 4.78 is 1.27. The highest BCUT2D eigenvalue weighted by Gasteiger charge is 2.22. The molecule has 1 aromatic carbocycles. The summed E-state index contributed by atoms with van der Waals surface area (Å²) in [5.41, 5.74) is 1.06. The van der Waals surface area contributed by atoms with Gasteiger partial charge in [0.05, 0.1) is 10.7 Å². The highest BCUT2D eigenvalue weighted by atomic mass is 79.9. The molecule has 1 aromatic heterocycles. The predicted octanol–water partition coefficient (Wildman–Crippen LogP) is 4.91. The van der Waals surface area contributed by atoms with E-state index < -0.39 is 0 Å². The molecule has 1 N–H and O–H groups in total. The van der Waals surface area contributed by atoms with Gasteiger partial charge in [-0.15, -0.1) is 0 Å². The molecule has 106 valence electrons. The van der Waals surface area contributed by atoms with E-state index in [0.717, 1.165) is 15.7 Å². The molecular weight excluding hydrogens is 407 g/mol. The predicted molar refractivity (Wildman–Crippen MR) is 89.4 cm³/mol. The van der Waals surface area contributed by atoms with Gasteiger partial charge in [0.1, 0.15) is 10.3 Å². The van der Waals surface area contributed by atoms with Gasteiger partial charge < -0.3 is 4.98 Å². The Labute approximate surface area is 139 Å². The zero-order valence-electron chi connectivity index (χ0n) is 11.2. The Morgan fingerprint density at radius 1 is 1.25 bits per heavy atom. The van der Waals surface area contributed by atoms with Crippen LogP contribution in [0.1, 0.15) is 26.5 Å². The van der Waals surface area contributed by atoms with Gasteiger partial charge >= 0.3 is 0 Å². The summed E-state index contributed by atoms with van der Waals surface area (Å²) in [4.78, 5) is 19.4. The first-order valence-corrected chi connectivity index (χ1v) is 7.92. The minimum atomic E-state index is -0.235. The summed E-state index contributed by atoms with van der Waals surface area (Å²) in [6, 6.07) is 5.45. The maximum atomic E-state index is 12.0. The average Bonchev–Trinajstić information content (AvgIpc) is 2.34. The lowest BCUT2D eigenvalue weighted by atomic mass is 9.92. The summed E-state index contributed by atoms with van der Waals surface area (Å²) >= 11 is 12.7. The molecule has 2 aromatic rings. The van der Waals surface area contributed by atoms with Gasteiger partial charge in [-0.2, -0.15) is 0 Å². The van der Waals surface area contributed by atoms with Crippen LogP contribution in [0.25, 0.3) is 11.4 Å². The standard InChI is InChI=1S/C14H13Br2ClN2O/c1-14(2,3)11-10(16)13(20)19-12(18-11)7-4-5-8(15)9(17)6-7/h4-6H,1-3H3,(H,18,19,20). The van der Waals surface area contributed by atoms with Crippen molar-refractivity contribution in [3.8, 4) is 11.4 Å². The molecule has 20 heavy (non-hydrogen) atoms. The van der Waals surface area contributed by atoms with Crippen LogP contribution in [0.2, 0.25) is 5.02 Å². The second kappa shape index (κ2) is 5.62. The number of hydrogen-bond donors (Lipinski definition) is 1. The van der Waals surface area contributed by atoms with E-state index >= 15 is 0 Å². The van der Waals surface area contributed by atoms with E-state index in [1.165, 1.54) is 0 Å². The smallest absolute Gasteiger partial charge is 0.265 e. The van der Waals surface area contributed by atoms with Gasteiger partial charge in [-0.1, -0.05) is 38.4 Å². The Hall–Kier alpha value is -0.650. The second-order valence-electron chi connectivity index (χ2n) is 5.46. The van der Waals surface area contributed by atoms with Crippen LogP contribution in [-0.4, -0.2) is 9.97 Å². The Morgan fingerprint density at radius 3 is 2.45 bits per heavy atom. The topological polar surface area (TPSA) is 45.8 Å². The first kappa shape index (κ1) is 15.7. The van der Waals surface area contributed by atoms with Crippen LogP contribution in [0.4, 0.5) is 0 Å². The number of nitrogens with one attached hydrogen (secondary N) is 1. The molecule has 6 heteroatoms. The Morgan fingerprint density at radius 2 is 1.90 bits per heavy atom. The lowest BCUT2D eigenvalue weighted by molar-refractivity contribution is 0.562. The van der Waals surface area contributed by atoms with Crippen LogP contribution in [0, 0.1) is 0 Å². The molecule has 0 aliphatic heterocycles. The second-order valence-corrected chi connectivity index (χ2v) is 7.51. The summed E-state index contributed by atoms with van der Waals surface area (Å²) in [7, 11) is 0. The molecule has 0 unspecified atom stereocenters. The van der Waals surface area contributed by atoms with Gasteiger partial charge in [-0.05, 0) is 44.0 Å². The zero-order valence-corrected chi connectivity index (χ0v) is 15.1. The fraction of sp³-hybridized carbons (Fsp3) is 0.286. The highest BCUT2D eigenvalue weighted by molar-refractivity contribution is 9.10. The first-order chi connectivity index (χ1) is 9.20. The molecular formula is C14H13Br2ClN2O. The van der Waals surface area contributed by atoms with Crippen molar-refractivity contribution in [3.05, 3.63) is 48.2 Å². The highest BCUT2D eigenvalue weighted by Crippen LogP contribution is 2.30. The van der Waals surface area contributed by atoms with Crippen LogP contribution in [0.3, 0.4) is 0 Å². The maximum absolute atomic E-state index is 12.0. The van der Waals surface area contributed by atoms with Gasteiger partial charge in [-0.3, -0.25) is 4.79 Å². The number of aromatic amines is 1. The minimum Gasteiger partial charge on any atom is -0.306 e. The molecule has 0 saturated carbocycles. The monoisotopic (exact) mass is 418 g/mol. The number of nitrogens with zero attached hydrogens (tertiary/aromatic N) is 1. The number of rotatable bonds is 1. The van der Waals surface area contributed by atoms with E-state index in [2.05, 4.69) is 41.8 Å². The van der Waals surface area contributed by atoms with Gasteiger partial charge in [-0.25, -0.2) is 4.98 Å². The van der Waals surface area contributed by atoms with E-state index in [4.69, 9.17) is 11.6 Å². The van der Waals surface area contributed by atoms with Crippen molar-refractivity contribution in [2.45, 2.75) is 26.2 Å². The quantitative estimate of drug-likeness (QED) is 0.712. The molecule has 0 amide bonds. The van der Waals surface area contributed by atoms with E-state index in [1.54, 1.807) is 6.07 Å². The third kappa shape index (κ3) is 3.15. The number of hydrogen-bond acceptors (Lipinski definition) is 2. The zero-order chi connectivity index (χ0) is 15.1. The van der Waals surface area contributed by atoms with Crippen molar-refractivity contribution in [1.82, 2.24) is 9.97 Å². The van der Waals surface area contributed by atoms with E-state index in [0.29, 0.717) is 15.3 Å². The van der Waals surface area contributed by atoms with E-state index in [1.807, 2.05) is 32.9 Å². The van der Waals surface area contributed by atoms with Crippen molar-refractivity contribution in [2.24, 2.45) is 0 Å². The van der Waals surface area contributed by atoms with Crippen molar-refractivity contribution in [3.63, 3.8) is 0 Å². The van der Waals surface area contributed by atoms with Crippen LogP contribution < -0.4 is 5.56 Å². The van der Waals surface area contributed by atoms with Crippen molar-refractivity contribution >= 4 is 43.5 Å². The molecule has 1 heterocycles. The summed E-state index contributed by atoms with van der Waals surface area (Å²) in [5, 5.41) is 0.574. The number of benzene rings is 1. The van der Waals surface area contributed by atoms with Gasteiger partial charge in [0.15, 0.2) is 0 Å². The van der Waals surface area contributed by atoms with Gasteiger partial charge in [0.25, 0.3) is 5.56 Å².